The van der Waals surface area contributed by atoms with E-state index >= 15 is 0 Å². The van der Waals surface area contributed by atoms with Gasteiger partial charge in [-0.25, -0.2) is 0 Å². The van der Waals surface area contributed by atoms with Gasteiger partial charge in [0.2, 0.25) is 0 Å². The molecule has 1 N–H and O–H groups in total. The summed E-state index contributed by atoms with van der Waals surface area (Å²) in [5.41, 5.74) is 1.88. The van der Waals surface area contributed by atoms with E-state index in [0.29, 0.717) is 79.2 Å². The Morgan fingerprint density at radius 1 is 1.09 bits per heavy atom. The fourth-order valence-corrected chi connectivity index (χ4v) is 5.42. The topological polar surface area (TPSA) is 97.8 Å². The third kappa shape index (κ3) is 7.77. The number of hydrogen-bond acceptors (Lipinski definition) is 8. The number of rotatable bonds is 14. The SMILES string of the molecule is C=CCOc1ccc(C(O)=C2C(=O)C(=O)N(CCCN3CCOCC3)C2c2ccc(OCCC(C)C)c(OC)c2)c(C)c1. The number of carbonyl (C=O) groups is 2. The molecule has 232 valence electrons. The summed E-state index contributed by atoms with van der Waals surface area (Å²) in [6.45, 7) is 14.8. The molecule has 2 aromatic rings. The predicted molar refractivity (Wildman–Crippen MR) is 166 cm³/mol. The first-order valence-corrected chi connectivity index (χ1v) is 15.0. The summed E-state index contributed by atoms with van der Waals surface area (Å²) in [5, 5.41) is 11.6. The van der Waals surface area contributed by atoms with Crippen molar-refractivity contribution in [1.29, 1.82) is 0 Å². The van der Waals surface area contributed by atoms with Crippen LogP contribution < -0.4 is 14.2 Å². The lowest BCUT2D eigenvalue weighted by molar-refractivity contribution is -0.140. The zero-order valence-corrected chi connectivity index (χ0v) is 25.8. The van der Waals surface area contributed by atoms with Gasteiger partial charge in [0.15, 0.2) is 11.5 Å². The van der Waals surface area contributed by atoms with Crippen LogP contribution in [0.2, 0.25) is 0 Å². The molecule has 0 saturated carbocycles. The highest BCUT2D eigenvalue weighted by Gasteiger charge is 2.46. The standard InChI is InChI=1S/C34H44N2O7/c1-6-17-42-26-9-10-27(24(4)21-26)32(37)30-31(25-8-11-28(29(22-25)40-5)43-18-12-23(2)3)36(34(39)33(30)38)14-7-13-35-15-19-41-20-16-35/h6,8-11,21-23,31,37H,1,7,12-20H2,2-5H3. The molecule has 2 saturated heterocycles. The van der Waals surface area contributed by atoms with Crippen LogP contribution in [0, 0.1) is 12.8 Å². The number of aliphatic hydroxyl groups excluding tert-OH is 1. The molecule has 0 aromatic heterocycles. The van der Waals surface area contributed by atoms with Gasteiger partial charge in [-0.1, -0.05) is 32.6 Å². The molecule has 1 atom stereocenters. The first-order valence-electron chi connectivity index (χ1n) is 15.0. The summed E-state index contributed by atoms with van der Waals surface area (Å²) >= 11 is 0. The van der Waals surface area contributed by atoms with Crippen molar-refractivity contribution < 1.29 is 33.6 Å². The first-order chi connectivity index (χ1) is 20.7. The number of benzene rings is 2. The zero-order chi connectivity index (χ0) is 30.9. The lowest BCUT2D eigenvalue weighted by Gasteiger charge is -2.29. The molecule has 2 heterocycles. The fourth-order valence-electron chi connectivity index (χ4n) is 5.42. The molecule has 2 aliphatic heterocycles. The van der Waals surface area contributed by atoms with Crippen LogP contribution in [0.4, 0.5) is 0 Å². The molecule has 9 nitrogen and oxygen atoms in total. The summed E-state index contributed by atoms with van der Waals surface area (Å²) in [6, 6.07) is 9.87. The van der Waals surface area contributed by atoms with Crippen LogP contribution in [0.1, 0.15) is 49.4 Å². The molecule has 2 aromatic carbocycles. The van der Waals surface area contributed by atoms with Gasteiger partial charge in [-0.15, -0.1) is 0 Å². The maximum Gasteiger partial charge on any atom is 0.295 e. The van der Waals surface area contributed by atoms with Crippen molar-refractivity contribution in [3.8, 4) is 17.2 Å². The molecular formula is C34H44N2O7. The average molecular weight is 593 g/mol. The number of ether oxygens (including phenoxy) is 4. The second kappa shape index (κ2) is 15.1. The lowest BCUT2D eigenvalue weighted by atomic mass is 9.93. The van der Waals surface area contributed by atoms with Gasteiger partial charge in [-0.05, 0) is 67.1 Å². The van der Waals surface area contributed by atoms with E-state index in [-0.39, 0.29) is 11.3 Å². The van der Waals surface area contributed by atoms with Crippen LogP contribution >= 0.6 is 0 Å². The summed E-state index contributed by atoms with van der Waals surface area (Å²) < 4.78 is 22.7. The molecule has 2 fully saturated rings. The van der Waals surface area contributed by atoms with Crippen molar-refractivity contribution in [2.45, 2.75) is 39.7 Å². The van der Waals surface area contributed by atoms with Crippen molar-refractivity contribution in [3.63, 3.8) is 0 Å². The number of Topliss-reactive ketones (excluding diaryl/α,β-unsaturated/α-hetero) is 1. The molecular weight excluding hydrogens is 548 g/mol. The number of methoxy groups -OCH3 is 1. The van der Waals surface area contributed by atoms with Crippen molar-refractivity contribution in [1.82, 2.24) is 9.80 Å². The predicted octanol–water partition coefficient (Wildman–Crippen LogP) is 5.14. The Hall–Kier alpha value is -3.82. The van der Waals surface area contributed by atoms with E-state index in [2.05, 4.69) is 25.3 Å². The highest BCUT2D eigenvalue weighted by atomic mass is 16.5. The maximum atomic E-state index is 13.6. The van der Waals surface area contributed by atoms with Crippen molar-refractivity contribution in [3.05, 3.63) is 71.3 Å². The number of aryl methyl sites for hydroxylation is 1. The Morgan fingerprint density at radius 2 is 1.86 bits per heavy atom. The molecule has 0 radical (unpaired) electrons. The lowest BCUT2D eigenvalue weighted by Crippen LogP contribution is -2.39. The maximum absolute atomic E-state index is 13.6. The summed E-state index contributed by atoms with van der Waals surface area (Å²) in [4.78, 5) is 31.0. The summed E-state index contributed by atoms with van der Waals surface area (Å²) in [5.74, 6) is 0.635. The van der Waals surface area contributed by atoms with Gasteiger partial charge in [-0.2, -0.15) is 0 Å². The third-order valence-corrected chi connectivity index (χ3v) is 7.79. The largest absolute Gasteiger partial charge is 0.507 e. The van der Waals surface area contributed by atoms with E-state index in [1.54, 1.807) is 48.4 Å². The average Bonchev–Trinajstić information content (AvgIpc) is 3.25. The van der Waals surface area contributed by atoms with E-state index in [4.69, 9.17) is 18.9 Å². The summed E-state index contributed by atoms with van der Waals surface area (Å²) in [6.07, 6.45) is 3.22. The minimum Gasteiger partial charge on any atom is -0.507 e. The second-order valence-electron chi connectivity index (χ2n) is 11.3. The number of ketones is 1. The van der Waals surface area contributed by atoms with Gasteiger partial charge in [0.05, 0.1) is 38.5 Å². The number of amides is 1. The van der Waals surface area contributed by atoms with E-state index in [9.17, 15) is 14.7 Å². The number of nitrogens with zero attached hydrogens (tertiary/aromatic N) is 2. The molecule has 9 heteroatoms. The smallest absolute Gasteiger partial charge is 0.295 e. The Labute approximate surface area is 254 Å². The highest BCUT2D eigenvalue weighted by Crippen LogP contribution is 2.42. The Balaban J connectivity index is 1.71. The van der Waals surface area contributed by atoms with Crippen LogP contribution in [-0.2, 0) is 14.3 Å². The van der Waals surface area contributed by atoms with Crippen LogP contribution in [0.3, 0.4) is 0 Å². The van der Waals surface area contributed by atoms with E-state index in [1.165, 1.54) is 0 Å². The number of carbonyl (C=O) groups excluding carboxylic acids is 2. The summed E-state index contributed by atoms with van der Waals surface area (Å²) in [7, 11) is 1.56. The quantitative estimate of drug-likeness (QED) is 0.139. The number of likely N-dealkylation sites (tertiary alicyclic amines) is 1. The minimum absolute atomic E-state index is 0.0507. The van der Waals surface area contributed by atoms with Crippen LogP contribution in [0.25, 0.3) is 5.76 Å². The van der Waals surface area contributed by atoms with E-state index in [1.807, 2.05) is 13.0 Å². The molecule has 2 aliphatic rings. The Morgan fingerprint density at radius 3 is 2.53 bits per heavy atom. The Bertz CT molecular complexity index is 1330. The molecule has 0 bridgehead atoms. The third-order valence-electron chi connectivity index (χ3n) is 7.79. The van der Waals surface area contributed by atoms with E-state index < -0.39 is 17.7 Å². The van der Waals surface area contributed by atoms with Crippen LogP contribution in [0.15, 0.2) is 54.6 Å². The number of hydrogen-bond donors (Lipinski definition) is 1. The van der Waals surface area contributed by atoms with E-state index in [0.717, 1.165) is 26.1 Å². The van der Waals surface area contributed by atoms with Gasteiger partial charge in [0, 0.05) is 31.7 Å². The molecule has 43 heavy (non-hydrogen) atoms. The highest BCUT2D eigenvalue weighted by molar-refractivity contribution is 6.46. The molecule has 4 rings (SSSR count). The number of morpholine rings is 1. The van der Waals surface area contributed by atoms with Crippen LogP contribution in [0.5, 0.6) is 17.2 Å². The number of aliphatic hydroxyl groups is 1. The van der Waals surface area contributed by atoms with Gasteiger partial charge >= 0.3 is 0 Å². The fraction of sp³-hybridized carbons (Fsp3) is 0.471. The monoisotopic (exact) mass is 592 g/mol. The molecule has 0 spiro atoms. The van der Waals surface area contributed by atoms with Crippen molar-refractivity contribution in [2.24, 2.45) is 5.92 Å². The zero-order valence-electron chi connectivity index (χ0n) is 25.8. The molecule has 0 aliphatic carbocycles. The van der Waals surface area contributed by atoms with Crippen LogP contribution in [-0.4, -0.2) is 86.3 Å². The van der Waals surface area contributed by atoms with Crippen molar-refractivity contribution in [2.75, 3.05) is 59.7 Å². The second-order valence-corrected chi connectivity index (χ2v) is 11.3. The molecule has 1 unspecified atom stereocenters. The van der Waals surface area contributed by atoms with Gasteiger partial charge in [0.1, 0.15) is 18.1 Å². The minimum atomic E-state index is -0.792. The van der Waals surface area contributed by atoms with Gasteiger partial charge < -0.3 is 29.0 Å². The normalized spacial score (nSPS) is 18.7. The van der Waals surface area contributed by atoms with Gasteiger partial charge in [-0.3, -0.25) is 14.5 Å². The molecule has 1 amide bonds. The Kier molecular flexibility index (Phi) is 11.3. The first kappa shape index (κ1) is 32.1. The van der Waals surface area contributed by atoms with Gasteiger partial charge in [0.25, 0.3) is 11.7 Å². The van der Waals surface area contributed by atoms with Crippen molar-refractivity contribution >= 4 is 17.4 Å².